The zero-order valence-corrected chi connectivity index (χ0v) is 17.2. The third-order valence-electron chi connectivity index (χ3n) is 4.14. The van der Waals surface area contributed by atoms with Gasteiger partial charge in [-0.25, -0.2) is 8.42 Å². The van der Waals surface area contributed by atoms with Crippen LogP contribution in [0.2, 0.25) is 5.02 Å². The van der Waals surface area contributed by atoms with E-state index in [1.807, 2.05) is 18.7 Å². The van der Waals surface area contributed by atoms with E-state index in [-0.39, 0.29) is 22.4 Å². The van der Waals surface area contributed by atoms with Crippen LogP contribution < -0.4 is 5.32 Å². The summed E-state index contributed by atoms with van der Waals surface area (Å²) in [7, 11) is -3.65. The first kappa shape index (κ1) is 21.9. The first-order valence-corrected chi connectivity index (χ1v) is 10.3. The van der Waals surface area contributed by atoms with Crippen molar-refractivity contribution in [3.63, 3.8) is 0 Å². The summed E-state index contributed by atoms with van der Waals surface area (Å²) in [6.07, 6.45) is 0. The van der Waals surface area contributed by atoms with Crippen LogP contribution in [0.5, 0.6) is 0 Å². The second kappa shape index (κ2) is 9.52. The number of nitrogens with zero attached hydrogens (tertiary/aromatic N) is 2. The fourth-order valence-electron chi connectivity index (χ4n) is 2.53. The van der Waals surface area contributed by atoms with Crippen LogP contribution in [0.15, 0.2) is 17.0 Å². The lowest BCUT2D eigenvalue weighted by Crippen LogP contribution is -2.33. The Balaban J connectivity index is 3.10. The van der Waals surface area contributed by atoms with E-state index in [2.05, 4.69) is 5.32 Å². The van der Waals surface area contributed by atoms with Crippen LogP contribution in [-0.4, -0.2) is 56.3 Å². The summed E-state index contributed by atoms with van der Waals surface area (Å²) in [6, 6.07) is 3.02. The smallest absolute Gasteiger partial charge is 0.244 e. The molecular weight excluding hydrogens is 362 g/mol. The standard InChI is InChI=1S/C17H28ClN3O3S/c1-6-20(7-2)12-17(22)19-15-11-14(18)16(10-13(15)5)25(23,24)21(8-3)9-4/h10-11H,6-9,12H2,1-5H3,(H,19,22). The maximum atomic E-state index is 12.7. The molecule has 0 aliphatic heterocycles. The van der Waals surface area contributed by atoms with Gasteiger partial charge >= 0.3 is 0 Å². The molecule has 25 heavy (non-hydrogen) atoms. The van der Waals surface area contributed by atoms with Crippen molar-refractivity contribution in [3.8, 4) is 0 Å². The Hall–Kier alpha value is -1.15. The van der Waals surface area contributed by atoms with Crippen molar-refractivity contribution in [1.29, 1.82) is 0 Å². The Morgan fingerprint density at radius 1 is 1.08 bits per heavy atom. The minimum Gasteiger partial charge on any atom is -0.325 e. The monoisotopic (exact) mass is 389 g/mol. The number of hydrogen-bond acceptors (Lipinski definition) is 4. The van der Waals surface area contributed by atoms with Gasteiger partial charge in [0.2, 0.25) is 15.9 Å². The van der Waals surface area contributed by atoms with Gasteiger partial charge in [0.05, 0.1) is 11.6 Å². The number of benzene rings is 1. The van der Waals surface area contributed by atoms with Gasteiger partial charge in [-0.05, 0) is 37.7 Å². The molecule has 0 bridgehead atoms. The topological polar surface area (TPSA) is 69.7 Å². The normalized spacial score (nSPS) is 12.0. The number of anilines is 1. The molecule has 0 unspecified atom stereocenters. The summed E-state index contributed by atoms with van der Waals surface area (Å²) in [5.74, 6) is -0.151. The molecule has 6 nitrogen and oxygen atoms in total. The number of nitrogens with one attached hydrogen (secondary N) is 1. The van der Waals surface area contributed by atoms with Gasteiger partial charge in [0.1, 0.15) is 4.90 Å². The molecule has 1 amide bonds. The second-order valence-corrected chi connectivity index (χ2v) is 8.01. The molecular formula is C17H28ClN3O3S. The Morgan fingerprint density at radius 3 is 2.12 bits per heavy atom. The highest BCUT2D eigenvalue weighted by molar-refractivity contribution is 7.89. The molecule has 0 spiro atoms. The number of amides is 1. The van der Waals surface area contributed by atoms with Crippen LogP contribution in [0, 0.1) is 6.92 Å². The van der Waals surface area contributed by atoms with Gasteiger partial charge in [-0.1, -0.05) is 39.3 Å². The van der Waals surface area contributed by atoms with Crippen molar-refractivity contribution in [2.24, 2.45) is 0 Å². The molecule has 1 aromatic carbocycles. The van der Waals surface area contributed by atoms with Crippen molar-refractivity contribution in [2.45, 2.75) is 39.5 Å². The highest BCUT2D eigenvalue weighted by Crippen LogP contribution is 2.30. The summed E-state index contributed by atoms with van der Waals surface area (Å²) in [5, 5.41) is 2.92. The molecule has 0 heterocycles. The summed E-state index contributed by atoms with van der Waals surface area (Å²) >= 11 is 6.22. The van der Waals surface area contributed by atoms with E-state index < -0.39 is 10.0 Å². The lowest BCUT2D eigenvalue weighted by molar-refractivity contribution is -0.117. The van der Waals surface area contributed by atoms with Crippen LogP contribution in [0.25, 0.3) is 0 Å². The van der Waals surface area contributed by atoms with Crippen molar-refractivity contribution in [2.75, 3.05) is 38.0 Å². The summed E-state index contributed by atoms with van der Waals surface area (Å²) in [6.45, 7) is 11.9. The Morgan fingerprint density at radius 2 is 1.64 bits per heavy atom. The number of aryl methyl sites for hydroxylation is 1. The highest BCUT2D eigenvalue weighted by Gasteiger charge is 2.25. The lowest BCUT2D eigenvalue weighted by atomic mass is 10.2. The third kappa shape index (κ3) is 5.41. The summed E-state index contributed by atoms with van der Waals surface area (Å²) in [4.78, 5) is 14.2. The minimum absolute atomic E-state index is 0.0668. The Labute approximate surface area is 156 Å². The van der Waals surface area contributed by atoms with Gasteiger partial charge in [0.25, 0.3) is 0 Å². The molecule has 8 heteroatoms. The predicted molar refractivity (Wildman–Crippen MR) is 103 cm³/mol. The zero-order valence-electron chi connectivity index (χ0n) is 15.6. The number of rotatable bonds is 9. The number of halogens is 1. The number of carbonyl (C=O) groups excluding carboxylic acids is 1. The van der Waals surface area contributed by atoms with Gasteiger partial charge in [0.15, 0.2) is 0 Å². The van der Waals surface area contributed by atoms with Gasteiger partial charge in [-0.2, -0.15) is 4.31 Å². The zero-order chi connectivity index (χ0) is 19.2. The van der Waals surface area contributed by atoms with Crippen molar-refractivity contribution < 1.29 is 13.2 Å². The van der Waals surface area contributed by atoms with Gasteiger partial charge in [0, 0.05) is 18.8 Å². The van der Waals surface area contributed by atoms with Gasteiger partial charge < -0.3 is 5.32 Å². The van der Waals surface area contributed by atoms with E-state index in [1.54, 1.807) is 20.8 Å². The third-order valence-corrected chi connectivity index (χ3v) is 6.65. The molecule has 0 aromatic heterocycles. The molecule has 1 aromatic rings. The minimum atomic E-state index is -3.65. The molecule has 0 radical (unpaired) electrons. The van der Waals surface area contributed by atoms with E-state index in [1.165, 1.54) is 16.4 Å². The number of carbonyl (C=O) groups is 1. The number of hydrogen-bond donors (Lipinski definition) is 1. The van der Waals surface area contributed by atoms with Crippen LogP contribution in [0.1, 0.15) is 33.3 Å². The molecule has 0 aliphatic rings. The van der Waals surface area contributed by atoms with Crippen molar-refractivity contribution in [3.05, 3.63) is 22.7 Å². The molecule has 0 saturated heterocycles. The van der Waals surface area contributed by atoms with Crippen LogP contribution in [-0.2, 0) is 14.8 Å². The molecule has 0 fully saturated rings. The predicted octanol–water partition coefficient (Wildman–Crippen LogP) is 2.96. The van der Waals surface area contributed by atoms with E-state index in [0.29, 0.717) is 24.3 Å². The molecule has 0 aliphatic carbocycles. The summed E-state index contributed by atoms with van der Waals surface area (Å²) in [5.41, 5.74) is 1.18. The van der Waals surface area contributed by atoms with Crippen LogP contribution in [0.3, 0.4) is 0 Å². The van der Waals surface area contributed by atoms with Gasteiger partial charge in [-0.3, -0.25) is 9.69 Å². The molecule has 0 saturated carbocycles. The average Bonchev–Trinajstić information content (AvgIpc) is 2.56. The molecule has 142 valence electrons. The van der Waals surface area contributed by atoms with Crippen molar-refractivity contribution in [1.82, 2.24) is 9.21 Å². The van der Waals surface area contributed by atoms with E-state index in [4.69, 9.17) is 11.6 Å². The molecule has 1 N–H and O–H groups in total. The maximum Gasteiger partial charge on any atom is 0.244 e. The highest BCUT2D eigenvalue weighted by atomic mass is 35.5. The number of sulfonamides is 1. The van der Waals surface area contributed by atoms with E-state index in [9.17, 15) is 13.2 Å². The molecule has 1 rings (SSSR count). The Kier molecular flexibility index (Phi) is 8.34. The SMILES string of the molecule is CCN(CC)CC(=O)Nc1cc(Cl)c(S(=O)(=O)N(CC)CC)cc1C. The average molecular weight is 390 g/mol. The fraction of sp³-hybridized carbons (Fsp3) is 0.588. The maximum absolute atomic E-state index is 12.7. The van der Waals surface area contributed by atoms with E-state index in [0.717, 1.165) is 13.1 Å². The van der Waals surface area contributed by atoms with Crippen LogP contribution in [0.4, 0.5) is 5.69 Å². The fourth-order valence-corrected chi connectivity index (χ4v) is 4.58. The largest absolute Gasteiger partial charge is 0.325 e. The van der Waals surface area contributed by atoms with E-state index >= 15 is 0 Å². The second-order valence-electron chi connectivity index (χ2n) is 5.70. The first-order valence-electron chi connectivity index (χ1n) is 8.53. The van der Waals surface area contributed by atoms with Crippen LogP contribution >= 0.6 is 11.6 Å². The number of likely N-dealkylation sites (N-methyl/N-ethyl adjacent to an activating group) is 1. The van der Waals surface area contributed by atoms with Gasteiger partial charge in [-0.15, -0.1) is 0 Å². The first-order chi connectivity index (χ1) is 11.7. The summed E-state index contributed by atoms with van der Waals surface area (Å²) < 4.78 is 26.7. The Bertz CT molecular complexity index is 699. The van der Waals surface area contributed by atoms with Crippen molar-refractivity contribution >= 4 is 33.2 Å². The lowest BCUT2D eigenvalue weighted by Gasteiger charge is -2.21. The quantitative estimate of drug-likeness (QED) is 0.704. The molecule has 0 atom stereocenters.